The van der Waals surface area contributed by atoms with Gasteiger partial charge in [-0.1, -0.05) is 54.1 Å². The van der Waals surface area contributed by atoms with Gasteiger partial charge in [0.1, 0.15) is 0 Å². The first kappa shape index (κ1) is 13.1. The minimum Gasteiger partial charge on any atom is -0.368 e. The Bertz CT molecular complexity index is 470. The fourth-order valence-corrected chi connectivity index (χ4v) is 1.87. The average molecular weight is 262 g/mol. The number of halogens is 1. The van der Waals surface area contributed by atoms with Crippen LogP contribution in [0.4, 0.5) is 0 Å². The van der Waals surface area contributed by atoms with Gasteiger partial charge in [0.25, 0.3) is 0 Å². The molecule has 2 aromatic carbocycles. The predicted octanol–water partition coefficient (Wildman–Crippen LogP) is 3.56. The van der Waals surface area contributed by atoms with E-state index in [-0.39, 0.29) is 6.10 Å². The Balaban J connectivity index is 1.99. The van der Waals surface area contributed by atoms with Gasteiger partial charge in [-0.3, -0.25) is 0 Å². The van der Waals surface area contributed by atoms with Crippen LogP contribution in [0.5, 0.6) is 0 Å². The number of ether oxygens (including phenoxy) is 1. The van der Waals surface area contributed by atoms with Crippen LogP contribution < -0.4 is 5.73 Å². The van der Waals surface area contributed by atoms with Crippen molar-refractivity contribution >= 4 is 11.6 Å². The molecule has 0 fully saturated rings. The summed E-state index contributed by atoms with van der Waals surface area (Å²) in [5.74, 6) is 0. The molecule has 0 bridgehead atoms. The van der Waals surface area contributed by atoms with E-state index in [4.69, 9.17) is 22.1 Å². The molecule has 0 aliphatic rings. The highest BCUT2D eigenvalue weighted by Crippen LogP contribution is 2.20. The highest BCUT2D eigenvalue weighted by Gasteiger charge is 2.09. The van der Waals surface area contributed by atoms with E-state index in [2.05, 4.69) is 0 Å². The van der Waals surface area contributed by atoms with Crippen LogP contribution in [0.2, 0.25) is 5.02 Å². The monoisotopic (exact) mass is 261 g/mol. The normalized spacial score (nSPS) is 12.3. The van der Waals surface area contributed by atoms with Gasteiger partial charge in [-0.25, -0.2) is 0 Å². The third kappa shape index (κ3) is 3.57. The molecule has 0 spiro atoms. The van der Waals surface area contributed by atoms with Crippen LogP contribution in [0.3, 0.4) is 0 Å². The van der Waals surface area contributed by atoms with Crippen LogP contribution in [0.1, 0.15) is 17.2 Å². The summed E-state index contributed by atoms with van der Waals surface area (Å²) in [6, 6.07) is 17.7. The van der Waals surface area contributed by atoms with Crippen molar-refractivity contribution in [1.29, 1.82) is 0 Å². The van der Waals surface area contributed by atoms with Crippen molar-refractivity contribution in [2.75, 3.05) is 6.54 Å². The largest absolute Gasteiger partial charge is 0.368 e. The van der Waals surface area contributed by atoms with Gasteiger partial charge >= 0.3 is 0 Å². The van der Waals surface area contributed by atoms with Crippen LogP contribution in [0.15, 0.2) is 54.6 Å². The van der Waals surface area contributed by atoms with Crippen LogP contribution in [-0.2, 0) is 11.3 Å². The maximum Gasteiger partial charge on any atom is 0.0951 e. The summed E-state index contributed by atoms with van der Waals surface area (Å²) in [4.78, 5) is 0. The maximum atomic E-state index is 5.86. The van der Waals surface area contributed by atoms with Gasteiger partial charge in [0.2, 0.25) is 0 Å². The summed E-state index contributed by atoms with van der Waals surface area (Å²) in [5.41, 5.74) is 7.95. The smallest absolute Gasteiger partial charge is 0.0951 e. The molecule has 0 aliphatic heterocycles. The molecular weight excluding hydrogens is 246 g/mol. The number of hydrogen-bond acceptors (Lipinski definition) is 2. The van der Waals surface area contributed by atoms with E-state index in [1.165, 1.54) is 0 Å². The molecule has 0 amide bonds. The minimum absolute atomic E-state index is 0.0949. The van der Waals surface area contributed by atoms with Crippen molar-refractivity contribution in [1.82, 2.24) is 0 Å². The Morgan fingerprint density at radius 2 is 1.67 bits per heavy atom. The van der Waals surface area contributed by atoms with Gasteiger partial charge < -0.3 is 10.5 Å². The second kappa shape index (κ2) is 6.55. The average Bonchev–Trinajstić information content (AvgIpc) is 2.42. The molecule has 94 valence electrons. The van der Waals surface area contributed by atoms with E-state index >= 15 is 0 Å². The van der Waals surface area contributed by atoms with Crippen molar-refractivity contribution in [2.45, 2.75) is 12.7 Å². The molecule has 0 aliphatic carbocycles. The molecule has 18 heavy (non-hydrogen) atoms. The Kier molecular flexibility index (Phi) is 4.76. The lowest BCUT2D eigenvalue weighted by Crippen LogP contribution is -2.15. The van der Waals surface area contributed by atoms with Crippen molar-refractivity contribution in [3.8, 4) is 0 Å². The van der Waals surface area contributed by atoms with Crippen LogP contribution in [0, 0.1) is 0 Å². The van der Waals surface area contributed by atoms with Gasteiger partial charge in [0.05, 0.1) is 12.7 Å². The lowest BCUT2D eigenvalue weighted by atomic mass is 10.1. The topological polar surface area (TPSA) is 35.2 Å². The molecule has 2 rings (SSSR count). The number of benzene rings is 2. The van der Waals surface area contributed by atoms with Crippen molar-refractivity contribution in [3.05, 3.63) is 70.7 Å². The molecule has 0 saturated heterocycles. The number of nitrogens with two attached hydrogens (primary N) is 1. The molecule has 0 heterocycles. The minimum atomic E-state index is -0.0949. The molecule has 0 unspecified atom stereocenters. The van der Waals surface area contributed by atoms with Crippen LogP contribution in [-0.4, -0.2) is 6.54 Å². The standard InChI is InChI=1S/C15H16ClNO/c16-14-8-6-13(7-9-14)15(10-17)18-11-12-4-2-1-3-5-12/h1-9,15H,10-11,17H2/t15-/m1/s1. The van der Waals surface area contributed by atoms with E-state index in [1.54, 1.807) is 0 Å². The fraction of sp³-hybridized carbons (Fsp3) is 0.200. The fourth-order valence-electron chi connectivity index (χ4n) is 1.75. The maximum absolute atomic E-state index is 5.86. The summed E-state index contributed by atoms with van der Waals surface area (Å²) in [5, 5.41) is 0.720. The lowest BCUT2D eigenvalue weighted by Gasteiger charge is -2.16. The van der Waals surface area contributed by atoms with E-state index in [9.17, 15) is 0 Å². The summed E-state index contributed by atoms with van der Waals surface area (Å²) in [6.45, 7) is 1.01. The van der Waals surface area contributed by atoms with Crippen molar-refractivity contribution in [3.63, 3.8) is 0 Å². The second-order valence-electron chi connectivity index (χ2n) is 4.07. The molecule has 2 aromatic rings. The SMILES string of the molecule is NC[C@@H](OCc1ccccc1)c1ccc(Cl)cc1. The zero-order chi connectivity index (χ0) is 12.8. The third-order valence-corrected chi connectivity index (χ3v) is 3.00. The number of rotatable bonds is 5. The van der Waals surface area contributed by atoms with Gasteiger partial charge in [0, 0.05) is 11.6 Å². The third-order valence-electron chi connectivity index (χ3n) is 2.75. The summed E-state index contributed by atoms with van der Waals surface area (Å²) in [6.07, 6.45) is -0.0949. The molecule has 2 N–H and O–H groups in total. The molecule has 0 saturated carbocycles. The second-order valence-corrected chi connectivity index (χ2v) is 4.51. The van der Waals surface area contributed by atoms with Crippen molar-refractivity contribution in [2.24, 2.45) is 5.73 Å². The number of hydrogen-bond donors (Lipinski definition) is 1. The zero-order valence-corrected chi connectivity index (χ0v) is 10.8. The van der Waals surface area contributed by atoms with E-state index in [0.717, 1.165) is 16.1 Å². The predicted molar refractivity (Wildman–Crippen MR) is 74.5 cm³/mol. The highest BCUT2D eigenvalue weighted by atomic mass is 35.5. The Hall–Kier alpha value is -1.35. The summed E-state index contributed by atoms with van der Waals surface area (Å²) in [7, 11) is 0. The first-order valence-corrected chi connectivity index (χ1v) is 6.28. The molecule has 2 nitrogen and oxygen atoms in total. The quantitative estimate of drug-likeness (QED) is 0.893. The molecule has 0 aromatic heterocycles. The first-order chi connectivity index (χ1) is 8.79. The summed E-state index contributed by atoms with van der Waals surface area (Å²) < 4.78 is 5.84. The van der Waals surface area contributed by atoms with Gasteiger partial charge in [-0.15, -0.1) is 0 Å². The highest BCUT2D eigenvalue weighted by molar-refractivity contribution is 6.30. The lowest BCUT2D eigenvalue weighted by molar-refractivity contribution is 0.0456. The molecule has 1 atom stereocenters. The Morgan fingerprint density at radius 3 is 2.28 bits per heavy atom. The van der Waals surface area contributed by atoms with Crippen LogP contribution >= 0.6 is 11.6 Å². The molecule has 3 heteroatoms. The summed E-state index contributed by atoms with van der Waals surface area (Å²) >= 11 is 5.86. The zero-order valence-electron chi connectivity index (χ0n) is 10.1. The Morgan fingerprint density at radius 1 is 1.00 bits per heavy atom. The van der Waals surface area contributed by atoms with Crippen LogP contribution in [0.25, 0.3) is 0 Å². The van der Waals surface area contributed by atoms with Gasteiger partial charge in [-0.2, -0.15) is 0 Å². The Labute approximate surface area is 112 Å². The molecule has 0 radical (unpaired) electrons. The van der Waals surface area contributed by atoms with Gasteiger partial charge in [-0.05, 0) is 23.3 Å². The van der Waals surface area contributed by atoms with E-state index < -0.39 is 0 Å². The van der Waals surface area contributed by atoms with E-state index in [0.29, 0.717) is 13.2 Å². The molecular formula is C15H16ClNO. The van der Waals surface area contributed by atoms with Gasteiger partial charge in [0.15, 0.2) is 0 Å². The first-order valence-electron chi connectivity index (χ1n) is 5.90. The van der Waals surface area contributed by atoms with E-state index in [1.807, 2.05) is 54.6 Å². The van der Waals surface area contributed by atoms with Crippen molar-refractivity contribution < 1.29 is 4.74 Å².